The molecule has 0 atom stereocenters. The third-order valence-electron chi connectivity index (χ3n) is 3.64. The van der Waals surface area contributed by atoms with E-state index >= 15 is 0 Å². The second-order valence-corrected chi connectivity index (χ2v) is 7.19. The topological polar surface area (TPSA) is 82.6 Å². The van der Waals surface area contributed by atoms with Gasteiger partial charge in [-0.2, -0.15) is 8.42 Å². The number of aromatic nitrogens is 1. The summed E-state index contributed by atoms with van der Waals surface area (Å²) in [7, 11) is -4.04. The quantitative estimate of drug-likeness (QED) is 0.360. The molecule has 0 saturated heterocycles. The lowest BCUT2D eigenvalue weighted by atomic mass is 10.2. The average molecular weight is 371 g/mol. The third-order valence-corrected chi connectivity index (χ3v) is 4.95. The summed E-state index contributed by atoms with van der Waals surface area (Å²) >= 11 is 0. The van der Waals surface area contributed by atoms with Crippen LogP contribution in [0, 0.1) is 6.92 Å². The zero-order chi connectivity index (χ0) is 18.6. The standard InChI is InChI=1S/C19H17NO5S/c1-14-10-16(24-9-3-8-21)12-17(11-14)25-26(22,23)19-5-2-4-15-13-20-7-6-18(15)19/h2,4-8,10-13H,3,9H2,1H3. The number of benzene rings is 2. The van der Waals surface area contributed by atoms with E-state index in [1.54, 1.807) is 43.5 Å². The lowest BCUT2D eigenvalue weighted by molar-refractivity contribution is -0.108. The maximum atomic E-state index is 12.8. The summed E-state index contributed by atoms with van der Waals surface area (Å²) in [6, 6.07) is 11.4. The molecule has 0 aliphatic rings. The number of fused-ring (bicyclic) bond motifs is 1. The van der Waals surface area contributed by atoms with Crippen molar-refractivity contribution in [2.75, 3.05) is 6.61 Å². The Hall–Kier alpha value is -2.93. The maximum Gasteiger partial charge on any atom is 0.339 e. The molecule has 26 heavy (non-hydrogen) atoms. The first-order valence-electron chi connectivity index (χ1n) is 7.95. The van der Waals surface area contributed by atoms with Gasteiger partial charge in [-0.05, 0) is 36.8 Å². The van der Waals surface area contributed by atoms with Crippen molar-refractivity contribution in [2.45, 2.75) is 18.2 Å². The number of rotatable bonds is 7. The molecule has 0 spiro atoms. The van der Waals surface area contributed by atoms with Gasteiger partial charge in [-0.1, -0.05) is 12.1 Å². The zero-order valence-corrected chi connectivity index (χ0v) is 14.9. The Balaban J connectivity index is 1.93. The lowest BCUT2D eigenvalue weighted by Gasteiger charge is -2.12. The first kappa shape index (κ1) is 17.9. The minimum Gasteiger partial charge on any atom is -0.493 e. The summed E-state index contributed by atoms with van der Waals surface area (Å²) in [5, 5.41) is 1.25. The Kier molecular flexibility index (Phi) is 5.18. The van der Waals surface area contributed by atoms with E-state index in [1.165, 1.54) is 18.3 Å². The molecule has 0 fully saturated rings. The molecule has 1 heterocycles. The molecule has 134 valence electrons. The fourth-order valence-corrected chi connectivity index (χ4v) is 3.69. The van der Waals surface area contributed by atoms with Gasteiger partial charge in [0.15, 0.2) is 0 Å². The highest BCUT2D eigenvalue weighted by Crippen LogP contribution is 2.28. The Bertz CT molecular complexity index is 1040. The molecule has 0 unspecified atom stereocenters. The van der Waals surface area contributed by atoms with Crippen molar-refractivity contribution in [3.8, 4) is 11.5 Å². The predicted molar refractivity (Wildman–Crippen MR) is 96.9 cm³/mol. The number of aryl methyl sites for hydroxylation is 1. The molecule has 0 saturated carbocycles. The molecule has 1 aromatic heterocycles. The Labute approximate surface area is 151 Å². The highest BCUT2D eigenvalue weighted by atomic mass is 32.2. The molecule has 7 heteroatoms. The lowest BCUT2D eigenvalue weighted by Crippen LogP contribution is -2.10. The van der Waals surface area contributed by atoms with E-state index in [0.29, 0.717) is 16.5 Å². The number of hydrogen-bond donors (Lipinski definition) is 0. The normalized spacial score (nSPS) is 11.3. The third kappa shape index (κ3) is 4.00. The average Bonchev–Trinajstić information content (AvgIpc) is 2.60. The van der Waals surface area contributed by atoms with Crippen LogP contribution in [0.5, 0.6) is 11.5 Å². The minimum absolute atomic E-state index is 0.0716. The summed E-state index contributed by atoms with van der Waals surface area (Å²) in [5.74, 6) is 0.594. The van der Waals surface area contributed by atoms with Gasteiger partial charge in [-0.25, -0.2) is 0 Å². The predicted octanol–water partition coefficient (Wildman–Crippen LogP) is 3.28. The van der Waals surface area contributed by atoms with Gasteiger partial charge in [0.1, 0.15) is 22.7 Å². The molecule has 2 aromatic carbocycles. The van der Waals surface area contributed by atoms with Crippen molar-refractivity contribution < 1.29 is 22.1 Å². The van der Waals surface area contributed by atoms with Crippen LogP contribution in [-0.2, 0) is 14.9 Å². The summed E-state index contributed by atoms with van der Waals surface area (Å²) in [6.07, 6.45) is 4.15. The smallest absolute Gasteiger partial charge is 0.339 e. The van der Waals surface area contributed by atoms with Gasteiger partial charge in [0.2, 0.25) is 0 Å². The summed E-state index contributed by atoms with van der Waals surface area (Å²) in [5.41, 5.74) is 0.779. The van der Waals surface area contributed by atoms with E-state index < -0.39 is 10.1 Å². The Morgan fingerprint density at radius 1 is 1.12 bits per heavy atom. The van der Waals surface area contributed by atoms with Crippen molar-refractivity contribution in [3.05, 3.63) is 60.4 Å². The number of nitrogens with zero attached hydrogens (tertiary/aromatic N) is 1. The van der Waals surface area contributed by atoms with Crippen molar-refractivity contribution in [3.63, 3.8) is 0 Å². The van der Waals surface area contributed by atoms with Crippen LogP contribution in [-0.4, -0.2) is 26.3 Å². The van der Waals surface area contributed by atoms with Gasteiger partial charge >= 0.3 is 10.1 Å². The van der Waals surface area contributed by atoms with Crippen molar-refractivity contribution in [1.82, 2.24) is 4.98 Å². The molecule has 3 aromatic rings. The van der Waals surface area contributed by atoms with Gasteiger partial charge in [0.25, 0.3) is 0 Å². The highest BCUT2D eigenvalue weighted by molar-refractivity contribution is 7.87. The molecule has 0 N–H and O–H groups in total. The van der Waals surface area contributed by atoms with Crippen molar-refractivity contribution in [2.24, 2.45) is 0 Å². The second kappa shape index (κ2) is 7.53. The molecular weight excluding hydrogens is 354 g/mol. The van der Waals surface area contributed by atoms with Crippen molar-refractivity contribution >= 4 is 27.2 Å². The van der Waals surface area contributed by atoms with Gasteiger partial charge in [-0.3, -0.25) is 4.98 Å². The first-order valence-corrected chi connectivity index (χ1v) is 9.36. The molecule has 0 aliphatic heterocycles. The van der Waals surface area contributed by atoms with Gasteiger partial charge in [0, 0.05) is 35.7 Å². The SMILES string of the molecule is Cc1cc(OCCC=O)cc(OS(=O)(=O)c2cccc3cnccc23)c1. The number of hydrogen-bond acceptors (Lipinski definition) is 6. The van der Waals surface area contributed by atoms with Crippen molar-refractivity contribution in [1.29, 1.82) is 0 Å². The molecule has 0 radical (unpaired) electrons. The van der Waals surface area contributed by atoms with Crippen LogP contribution >= 0.6 is 0 Å². The summed E-state index contributed by atoms with van der Waals surface area (Å²) in [6.45, 7) is 2.02. The monoisotopic (exact) mass is 371 g/mol. The van der Waals surface area contributed by atoms with E-state index in [9.17, 15) is 13.2 Å². The van der Waals surface area contributed by atoms with Crippen LogP contribution in [0.15, 0.2) is 59.8 Å². The first-order chi connectivity index (χ1) is 12.5. The number of ether oxygens (including phenoxy) is 1. The van der Waals surface area contributed by atoms with E-state index in [1.807, 2.05) is 0 Å². The van der Waals surface area contributed by atoms with Crippen LogP contribution in [0.1, 0.15) is 12.0 Å². The number of carbonyl (C=O) groups is 1. The van der Waals surface area contributed by atoms with E-state index in [4.69, 9.17) is 8.92 Å². The van der Waals surface area contributed by atoms with E-state index in [2.05, 4.69) is 4.98 Å². The second-order valence-electron chi connectivity index (χ2n) is 5.68. The van der Waals surface area contributed by atoms with Crippen LogP contribution in [0.2, 0.25) is 0 Å². The van der Waals surface area contributed by atoms with Crippen LogP contribution in [0.3, 0.4) is 0 Å². The molecule has 0 aliphatic carbocycles. The summed E-state index contributed by atoms with van der Waals surface area (Å²) in [4.78, 5) is 14.5. The van der Waals surface area contributed by atoms with E-state index in [0.717, 1.165) is 11.8 Å². The fraction of sp³-hybridized carbons (Fsp3) is 0.158. The molecule has 3 rings (SSSR count). The zero-order valence-electron chi connectivity index (χ0n) is 14.1. The number of aldehydes is 1. The van der Waals surface area contributed by atoms with Gasteiger partial charge < -0.3 is 13.7 Å². The highest BCUT2D eigenvalue weighted by Gasteiger charge is 2.20. The van der Waals surface area contributed by atoms with Crippen LogP contribution in [0.4, 0.5) is 0 Å². The Morgan fingerprint density at radius 3 is 2.73 bits per heavy atom. The van der Waals surface area contributed by atoms with Crippen LogP contribution < -0.4 is 8.92 Å². The number of carbonyl (C=O) groups excluding carboxylic acids is 1. The summed E-state index contributed by atoms with van der Waals surface area (Å²) < 4.78 is 36.3. The minimum atomic E-state index is -4.04. The molecular formula is C19H17NO5S. The van der Waals surface area contributed by atoms with Crippen LogP contribution in [0.25, 0.3) is 10.8 Å². The largest absolute Gasteiger partial charge is 0.493 e. The Morgan fingerprint density at radius 2 is 1.92 bits per heavy atom. The van der Waals surface area contributed by atoms with E-state index in [-0.39, 0.29) is 23.7 Å². The molecule has 6 nitrogen and oxygen atoms in total. The fourth-order valence-electron chi connectivity index (χ4n) is 2.55. The van der Waals surface area contributed by atoms with Gasteiger partial charge in [0.05, 0.1) is 6.61 Å². The van der Waals surface area contributed by atoms with Gasteiger partial charge in [-0.15, -0.1) is 0 Å². The maximum absolute atomic E-state index is 12.8. The molecule has 0 amide bonds. The molecule has 0 bridgehead atoms. The number of pyridine rings is 1.